The molecule has 0 heterocycles. The third-order valence-electron chi connectivity index (χ3n) is 3.54. The van der Waals surface area contributed by atoms with Crippen LogP contribution < -0.4 is 4.74 Å². The highest BCUT2D eigenvalue weighted by atomic mass is 16.5. The smallest absolute Gasteiger partial charge is 0.304 e. The molecule has 0 spiro atoms. The molecule has 2 rings (SSSR count). The van der Waals surface area contributed by atoms with Crippen molar-refractivity contribution in [3.05, 3.63) is 42.0 Å². The second-order valence-corrected chi connectivity index (χ2v) is 4.75. The number of carboxylic acid groups (broad SMARTS) is 1. The molecule has 1 aliphatic carbocycles. The van der Waals surface area contributed by atoms with Crippen molar-refractivity contribution in [2.24, 2.45) is 0 Å². The van der Waals surface area contributed by atoms with E-state index in [0.29, 0.717) is 0 Å². The Bertz CT molecular complexity index is 465. The molecular weight excluding hydrogens is 228 g/mol. The van der Waals surface area contributed by atoms with E-state index < -0.39 is 5.97 Å². The summed E-state index contributed by atoms with van der Waals surface area (Å²) in [6, 6.07) is 7.73. The van der Waals surface area contributed by atoms with Crippen LogP contribution in [0.4, 0.5) is 0 Å². The Kier molecular flexibility index (Phi) is 3.70. The van der Waals surface area contributed by atoms with Crippen LogP contribution in [0.3, 0.4) is 0 Å². The molecule has 96 valence electrons. The summed E-state index contributed by atoms with van der Waals surface area (Å²) >= 11 is 0. The van der Waals surface area contributed by atoms with Crippen molar-refractivity contribution >= 4 is 5.97 Å². The van der Waals surface area contributed by atoms with Crippen LogP contribution in [0.1, 0.15) is 31.2 Å². The number of ether oxygens (including phenoxy) is 1. The Labute approximate surface area is 107 Å². The maximum Gasteiger partial charge on any atom is 0.304 e. The fourth-order valence-corrected chi connectivity index (χ4v) is 2.62. The molecule has 1 unspecified atom stereocenters. The molecule has 0 fully saturated rings. The molecule has 0 saturated heterocycles. The fraction of sp³-hybridized carbons (Fsp3) is 0.400. The second-order valence-electron chi connectivity index (χ2n) is 4.75. The second kappa shape index (κ2) is 5.25. The molecule has 1 aliphatic rings. The third-order valence-corrected chi connectivity index (χ3v) is 3.54. The zero-order chi connectivity index (χ0) is 13.0. The van der Waals surface area contributed by atoms with Gasteiger partial charge in [-0.2, -0.15) is 0 Å². The first-order valence-corrected chi connectivity index (χ1v) is 6.20. The van der Waals surface area contributed by atoms with Crippen molar-refractivity contribution in [2.75, 3.05) is 7.11 Å². The Balaban J connectivity index is 2.41. The monoisotopic (exact) mass is 246 g/mol. The first-order valence-electron chi connectivity index (χ1n) is 6.20. The SMILES string of the molecule is COc1cccc(C2(CC(=O)O)C=CCCC2)c1. The molecule has 0 saturated carbocycles. The summed E-state index contributed by atoms with van der Waals surface area (Å²) < 4.78 is 5.22. The molecule has 0 aromatic heterocycles. The zero-order valence-electron chi connectivity index (χ0n) is 10.6. The molecule has 1 aromatic carbocycles. The molecule has 0 bridgehead atoms. The minimum atomic E-state index is -0.760. The van der Waals surface area contributed by atoms with Crippen molar-refractivity contribution in [1.29, 1.82) is 0 Å². The van der Waals surface area contributed by atoms with Crippen molar-refractivity contribution in [1.82, 2.24) is 0 Å². The number of aliphatic carboxylic acids is 1. The summed E-state index contributed by atoms with van der Waals surface area (Å²) in [6.07, 6.45) is 7.22. The van der Waals surface area contributed by atoms with Gasteiger partial charge in [0.15, 0.2) is 0 Å². The number of benzene rings is 1. The van der Waals surface area contributed by atoms with Crippen LogP contribution in [0.15, 0.2) is 36.4 Å². The van der Waals surface area contributed by atoms with Gasteiger partial charge in [0.25, 0.3) is 0 Å². The first kappa shape index (κ1) is 12.7. The van der Waals surface area contributed by atoms with Crippen LogP contribution in [0.25, 0.3) is 0 Å². The molecule has 3 heteroatoms. The summed E-state index contributed by atoms with van der Waals surface area (Å²) in [6.45, 7) is 0. The van der Waals surface area contributed by atoms with Crippen molar-refractivity contribution in [3.63, 3.8) is 0 Å². The Morgan fingerprint density at radius 2 is 2.33 bits per heavy atom. The Morgan fingerprint density at radius 1 is 1.50 bits per heavy atom. The number of hydrogen-bond donors (Lipinski definition) is 1. The first-order chi connectivity index (χ1) is 8.66. The summed E-state index contributed by atoms with van der Waals surface area (Å²) in [4.78, 5) is 11.1. The third kappa shape index (κ3) is 2.55. The van der Waals surface area contributed by atoms with E-state index in [2.05, 4.69) is 12.2 Å². The van der Waals surface area contributed by atoms with Crippen LogP contribution in [0, 0.1) is 0 Å². The molecule has 0 amide bonds. The van der Waals surface area contributed by atoms with Crippen molar-refractivity contribution in [3.8, 4) is 5.75 Å². The standard InChI is InChI=1S/C15H18O3/c1-18-13-7-5-6-12(10-13)15(11-14(16)17)8-3-2-4-9-15/h3,5-8,10H,2,4,9,11H2,1H3,(H,16,17). The highest BCUT2D eigenvalue weighted by molar-refractivity contribution is 5.70. The van der Waals surface area contributed by atoms with Crippen LogP contribution in [-0.4, -0.2) is 18.2 Å². The molecule has 18 heavy (non-hydrogen) atoms. The normalized spacial score (nSPS) is 22.7. The number of hydrogen-bond acceptors (Lipinski definition) is 2. The van der Waals surface area contributed by atoms with Gasteiger partial charge in [0, 0.05) is 5.41 Å². The lowest BCUT2D eigenvalue weighted by molar-refractivity contribution is -0.138. The number of allylic oxidation sites excluding steroid dienone is 2. The maximum atomic E-state index is 11.1. The van der Waals surface area contributed by atoms with E-state index in [1.165, 1.54) is 0 Å². The van der Waals surface area contributed by atoms with E-state index in [9.17, 15) is 4.79 Å². The highest BCUT2D eigenvalue weighted by Crippen LogP contribution is 2.39. The van der Waals surface area contributed by atoms with E-state index in [0.717, 1.165) is 30.6 Å². The average Bonchev–Trinajstić information content (AvgIpc) is 2.39. The summed E-state index contributed by atoms with van der Waals surface area (Å²) in [5.41, 5.74) is 0.652. The quantitative estimate of drug-likeness (QED) is 0.830. The molecule has 0 aliphatic heterocycles. The van der Waals surface area contributed by atoms with Gasteiger partial charge in [-0.25, -0.2) is 0 Å². The highest BCUT2D eigenvalue weighted by Gasteiger charge is 2.33. The van der Waals surface area contributed by atoms with Crippen LogP contribution in [0.2, 0.25) is 0 Å². The predicted molar refractivity (Wildman–Crippen MR) is 69.9 cm³/mol. The predicted octanol–water partition coefficient (Wildman–Crippen LogP) is 3.15. The number of carbonyl (C=O) groups is 1. The van der Waals surface area contributed by atoms with E-state index in [1.54, 1.807) is 7.11 Å². The maximum absolute atomic E-state index is 11.1. The van der Waals surface area contributed by atoms with Gasteiger partial charge < -0.3 is 9.84 Å². The van der Waals surface area contributed by atoms with Gasteiger partial charge in [-0.15, -0.1) is 0 Å². The number of carboxylic acids is 1. The summed E-state index contributed by atoms with van der Waals surface area (Å²) in [7, 11) is 1.62. The topological polar surface area (TPSA) is 46.5 Å². The van der Waals surface area contributed by atoms with Crippen molar-refractivity contribution in [2.45, 2.75) is 31.1 Å². The minimum absolute atomic E-state index is 0.136. The number of methoxy groups -OCH3 is 1. The lowest BCUT2D eigenvalue weighted by Gasteiger charge is -2.32. The summed E-state index contributed by atoms with van der Waals surface area (Å²) in [5.74, 6) is 0.0145. The van der Waals surface area contributed by atoms with E-state index >= 15 is 0 Å². The van der Waals surface area contributed by atoms with E-state index in [-0.39, 0.29) is 11.8 Å². The molecule has 0 radical (unpaired) electrons. The molecule has 1 atom stereocenters. The molecule has 1 N–H and O–H groups in total. The molecule has 1 aromatic rings. The van der Waals surface area contributed by atoms with Crippen molar-refractivity contribution < 1.29 is 14.6 Å². The van der Waals surface area contributed by atoms with Gasteiger partial charge in [-0.1, -0.05) is 24.3 Å². The van der Waals surface area contributed by atoms with Gasteiger partial charge in [-0.05, 0) is 37.0 Å². The minimum Gasteiger partial charge on any atom is -0.497 e. The van der Waals surface area contributed by atoms with E-state index in [4.69, 9.17) is 9.84 Å². The zero-order valence-corrected chi connectivity index (χ0v) is 10.6. The molecule has 3 nitrogen and oxygen atoms in total. The van der Waals surface area contributed by atoms with Crippen LogP contribution >= 0.6 is 0 Å². The molecular formula is C15H18O3. The van der Waals surface area contributed by atoms with Crippen LogP contribution in [0.5, 0.6) is 5.75 Å². The number of rotatable bonds is 4. The van der Waals surface area contributed by atoms with Gasteiger partial charge in [0.2, 0.25) is 0 Å². The Morgan fingerprint density at radius 3 is 2.94 bits per heavy atom. The van der Waals surface area contributed by atoms with Gasteiger partial charge in [0.1, 0.15) is 5.75 Å². The fourth-order valence-electron chi connectivity index (χ4n) is 2.62. The lowest BCUT2D eigenvalue weighted by Crippen LogP contribution is -2.28. The summed E-state index contributed by atoms with van der Waals surface area (Å²) in [5, 5.41) is 9.15. The Hall–Kier alpha value is -1.77. The van der Waals surface area contributed by atoms with Gasteiger partial charge in [-0.3, -0.25) is 4.79 Å². The van der Waals surface area contributed by atoms with Gasteiger partial charge >= 0.3 is 5.97 Å². The van der Waals surface area contributed by atoms with Gasteiger partial charge in [0.05, 0.1) is 13.5 Å². The largest absolute Gasteiger partial charge is 0.497 e. The average molecular weight is 246 g/mol. The van der Waals surface area contributed by atoms with E-state index in [1.807, 2.05) is 24.3 Å². The lowest BCUT2D eigenvalue weighted by atomic mass is 9.71. The van der Waals surface area contributed by atoms with Crippen LogP contribution in [-0.2, 0) is 10.2 Å².